The van der Waals surface area contributed by atoms with E-state index in [1.165, 1.54) is 0 Å². The number of nitrogens with zero attached hydrogens (tertiary/aromatic N) is 4. The highest BCUT2D eigenvalue weighted by Gasteiger charge is 2.54. The predicted octanol–water partition coefficient (Wildman–Crippen LogP) is 4.13. The SMILES string of the molecule is CC(C)[C@H](C(=O)N1CCN(C(=O)c2ccnn2-c2ccccc2)C2(CC2)C1)c1ccccc1. The van der Waals surface area contributed by atoms with Crippen molar-refractivity contribution in [3.63, 3.8) is 0 Å². The van der Waals surface area contributed by atoms with Crippen molar-refractivity contribution in [1.82, 2.24) is 19.6 Å². The van der Waals surface area contributed by atoms with Crippen LogP contribution < -0.4 is 0 Å². The van der Waals surface area contributed by atoms with Crippen LogP contribution in [0.2, 0.25) is 0 Å². The Morgan fingerprint density at radius 3 is 2.21 bits per heavy atom. The van der Waals surface area contributed by atoms with Crippen molar-refractivity contribution in [2.75, 3.05) is 19.6 Å². The van der Waals surface area contributed by atoms with Crippen LogP contribution in [-0.2, 0) is 4.79 Å². The van der Waals surface area contributed by atoms with E-state index in [1.54, 1.807) is 16.9 Å². The van der Waals surface area contributed by atoms with Crippen LogP contribution in [-0.4, -0.2) is 56.6 Å². The van der Waals surface area contributed by atoms with Gasteiger partial charge in [-0.15, -0.1) is 0 Å². The van der Waals surface area contributed by atoms with E-state index in [0.29, 0.717) is 25.3 Å². The van der Waals surface area contributed by atoms with Gasteiger partial charge < -0.3 is 9.80 Å². The third-order valence-corrected chi connectivity index (χ3v) is 6.99. The molecule has 3 aromatic rings. The first-order valence-corrected chi connectivity index (χ1v) is 11.8. The fourth-order valence-electron chi connectivity index (χ4n) is 5.10. The summed E-state index contributed by atoms with van der Waals surface area (Å²) in [6, 6.07) is 21.6. The Balaban J connectivity index is 1.36. The first kappa shape index (κ1) is 21.4. The molecule has 6 heteroatoms. The maximum atomic E-state index is 13.6. The van der Waals surface area contributed by atoms with Crippen molar-refractivity contribution in [1.29, 1.82) is 0 Å². The second kappa shape index (κ2) is 8.50. The highest BCUT2D eigenvalue weighted by atomic mass is 16.2. The smallest absolute Gasteiger partial charge is 0.273 e. The van der Waals surface area contributed by atoms with Gasteiger partial charge in [-0.2, -0.15) is 5.10 Å². The molecule has 0 radical (unpaired) electrons. The number of carbonyl (C=O) groups excluding carboxylic acids is 2. The third kappa shape index (κ3) is 3.94. The molecule has 2 aliphatic rings. The summed E-state index contributed by atoms with van der Waals surface area (Å²) < 4.78 is 1.71. The van der Waals surface area contributed by atoms with Crippen LogP contribution in [0.5, 0.6) is 0 Å². The van der Waals surface area contributed by atoms with Crippen LogP contribution in [0.25, 0.3) is 5.69 Å². The van der Waals surface area contributed by atoms with E-state index in [9.17, 15) is 9.59 Å². The zero-order valence-corrected chi connectivity index (χ0v) is 19.2. The fraction of sp³-hybridized carbons (Fsp3) is 0.370. The number of carbonyl (C=O) groups is 2. The number of rotatable bonds is 5. The maximum Gasteiger partial charge on any atom is 0.273 e. The minimum atomic E-state index is -0.255. The first-order valence-electron chi connectivity index (χ1n) is 11.8. The molecule has 6 nitrogen and oxygen atoms in total. The summed E-state index contributed by atoms with van der Waals surface area (Å²) in [5, 5.41) is 4.39. The van der Waals surface area contributed by atoms with Gasteiger partial charge in [-0.1, -0.05) is 62.4 Å². The molecule has 2 amide bonds. The summed E-state index contributed by atoms with van der Waals surface area (Å²) in [5.41, 5.74) is 2.24. The summed E-state index contributed by atoms with van der Waals surface area (Å²) in [6.45, 7) is 5.92. The molecule has 1 saturated heterocycles. The summed E-state index contributed by atoms with van der Waals surface area (Å²) in [5.74, 6) is 0.201. The molecule has 1 aliphatic heterocycles. The van der Waals surface area contributed by atoms with Gasteiger partial charge in [0.25, 0.3) is 5.91 Å². The van der Waals surface area contributed by atoms with E-state index < -0.39 is 0 Å². The van der Waals surface area contributed by atoms with Crippen LogP contribution in [0, 0.1) is 5.92 Å². The Morgan fingerprint density at radius 2 is 1.58 bits per heavy atom. The Hall–Kier alpha value is -3.41. The van der Waals surface area contributed by atoms with Gasteiger partial charge in [-0.25, -0.2) is 4.68 Å². The molecule has 170 valence electrons. The lowest BCUT2D eigenvalue weighted by Gasteiger charge is -2.43. The molecular weight excluding hydrogens is 412 g/mol. The van der Waals surface area contributed by atoms with Crippen LogP contribution in [0.4, 0.5) is 0 Å². The van der Waals surface area contributed by atoms with E-state index >= 15 is 0 Å². The number of piperazine rings is 1. The molecule has 1 aromatic heterocycles. The second-order valence-electron chi connectivity index (χ2n) is 9.54. The van der Waals surface area contributed by atoms with Crippen LogP contribution in [0.1, 0.15) is 48.7 Å². The van der Waals surface area contributed by atoms with Crippen molar-refractivity contribution < 1.29 is 9.59 Å². The zero-order chi connectivity index (χ0) is 23.0. The largest absolute Gasteiger partial charge is 0.338 e. The van der Waals surface area contributed by atoms with E-state index in [2.05, 4.69) is 18.9 Å². The number of aromatic nitrogens is 2. The molecule has 0 bridgehead atoms. The molecule has 33 heavy (non-hydrogen) atoms. The molecule has 2 heterocycles. The lowest BCUT2D eigenvalue weighted by molar-refractivity contribution is -0.137. The van der Waals surface area contributed by atoms with E-state index in [-0.39, 0.29) is 29.2 Å². The Bertz CT molecular complexity index is 1140. The van der Waals surface area contributed by atoms with Crippen LogP contribution in [0.15, 0.2) is 72.9 Å². The Morgan fingerprint density at radius 1 is 0.909 bits per heavy atom. The number of para-hydroxylation sites is 1. The first-order chi connectivity index (χ1) is 16.0. The summed E-state index contributed by atoms with van der Waals surface area (Å²) in [4.78, 5) is 31.2. The molecular formula is C27H30N4O2. The summed E-state index contributed by atoms with van der Waals surface area (Å²) in [6.07, 6.45) is 3.53. The fourth-order valence-corrected chi connectivity index (χ4v) is 5.10. The quantitative estimate of drug-likeness (QED) is 0.597. The number of hydrogen-bond donors (Lipinski definition) is 0. The van der Waals surface area contributed by atoms with Gasteiger partial charge in [-0.05, 0) is 42.5 Å². The number of hydrogen-bond acceptors (Lipinski definition) is 3. The Labute approximate surface area is 194 Å². The molecule has 1 atom stereocenters. The normalized spacial score (nSPS) is 17.9. The van der Waals surface area contributed by atoms with Gasteiger partial charge in [0.1, 0.15) is 5.69 Å². The summed E-state index contributed by atoms with van der Waals surface area (Å²) in [7, 11) is 0. The zero-order valence-electron chi connectivity index (χ0n) is 19.2. The molecule has 0 unspecified atom stereocenters. The molecule has 2 fully saturated rings. The molecule has 0 N–H and O–H groups in total. The van der Waals surface area contributed by atoms with E-state index in [1.807, 2.05) is 70.5 Å². The topological polar surface area (TPSA) is 58.4 Å². The van der Waals surface area contributed by atoms with Crippen LogP contribution >= 0.6 is 0 Å². The lowest BCUT2D eigenvalue weighted by Crippen LogP contribution is -2.59. The monoisotopic (exact) mass is 442 g/mol. The van der Waals surface area contributed by atoms with Crippen molar-refractivity contribution in [2.24, 2.45) is 5.92 Å². The molecule has 1 spiro atoms. The number of amides is 2. The highest BCUT2D eigenvalue weighted by Crippen LogP contribution is 2.45. The third-order valence-electron chi connectivity index (χ3n) is 6.99. The van der Waals surface area contributed by atoms with Crippen molar-refractivity contribution in [3.05, 3.63) is 84.2 Å². The lowest BCUT2D eigenvalue weighted by atomic mass is 9.86. The van der Waals surface area contributed by atoms with Gasteiger partial charge in [-0.3, -0.25) is 9.59 Å². The minimum absolute atomic E-state index is 0.00980. The number of benzene rings is 2. The standard InChI is InChI=1S/C27H30N4O2/c1-20(2)24(21-9-5-3-6-10-21)26(33)29-17-18-30(27(19-29)14-15-27)25(32)23-13-16-28-31(23)22-11-7-4-8-12-22/h3-13,16,20,24H,14-15,17-19H2,1-2H3/t24-/m0/s1. The average Bonchev–Trinajstić information content (AvgIpc) is 3.41. The van der Waals surface area contributed by atoms with Gasteiger partial charge in [0.15, 0.2) is 0 Å². The van der Waals surface area contributed by atoms with Gasteiger partial charge in [0.05, 0.1) is 23.3 Å². The average molecular weight is 443 g/mol. The minimum Gasteiger partial charge on any atom is -0.338 e. The maximum absolute atomic E-state index is 13.6. The van der Waals surface area contributed by atoms with Gasteiger partial charge >= 0.3 is 0 Å². The molecule has 2 aromatic carbocycles. The highest BCUT2D eigenvalue weighted by molar-refractivity contribution is 5.94. The van der Waals surface area contributed by atoms with Gasteiger partial charge in [0.2, 0.25) is 5.91 Å². The van der Waals surface area contributed by atoms with Crippen molar-refractivity contribution >= 4 is 11.8 Å². The molecule has 1 aliphatic carbocycles. The van der Waals surface area contributed by atoms with E-state index in [0.717, 1.165) is 24.1 Å². The van der Waals surface area contributed by atoms with Crippen LogP contribution in [0.3, 0.4) is 0 Å². The predicted molar refractivity (Wildman–Crippen MR) is 127 cm³/mol. The summed E-state index contributed by atoms with van der Waals surface area (Å²) >= 11 is 0. The van der Waals surface area contributed by atoms with Gasteiger partial charge in [0, 0.05) is 19.6 Å². The molecule has 1 saturated carbocycles. The molecule has 5 rings (SSSR count). The second-order valence-corrected chi connectivity index (χ2v) is 9.54. The van der Waals surface area contributed by atoms with Crippen molar-refractivity contribution in [3.8, 4) is 5.69 Å². The van der Waals surface area contributed by atoms with Crippen molar-refractivity contribution in [2.45, 2.75) is 38.1 Å². The Kier molecular flexibility index (Phi) is 5.52. The van der Waals surface area contributed by atoms with E-state index in [4.69, 9.17) is 0 Å².